The van der Waals surface area contributed by atoms with Crippen LogP contribution >= 0.6 is 0 Å². The van der Waals surface area contributed by atoms with Crippen molar-refractivity contribution >= 4 is 10.8 Å². The first-order chi connectivity index (χ1) is 12.6. The second kappa shape index (κ2) is 8.00. The molecule has 3 rings (SSSR count). The van der Waals surface area contributed by atoms with E-state index >= 15 is 0 Å². The molecule has 3 aromatic rings. The first-order valence-corrected chi connectivity index (χ1v) is 8.53. The lowest BCUT2D eigenvalue weighted by Crippen LogP contribution is -1.96. The summed E-state index contributed by atoms with van der Waals surface area (Å²) in [5.74, 6) is -0.537. The van der Waals surface area contributed by atoms with Crippen molar-refractivity contribution in [2.45, 2.75) is 13.8 Å². The molecule has 0 heterocycles. The van der Waals surface area contributed by atoms with Crippen molar-refractivity contribution in [1.82, 2.24) is 0 Å². The number of halogens is 2. The SMILES string of the molecule is CC=CCOc1ccc(-c2cc3ccc(OCC)cc3c(F)c2F)cc1. The first kappa shape index (κ1) is 17.9. The molecule has 0 saturated carbocycles. The Morgan fingerprint density at radius 3 is 2.31 bits per heavy atom. The molecule has 0 amide bonds. The fourth-order valence-corrected chi connectivity index (χ4v) is 2.74. The molecule has 0 bridgehead atoms. The molecule has 26 heavy (non-hydrogen) atoms. The number of rotatable bonds is 6. The van der Waals surface area contributed by atoms with Crippen molar-refractivity contribution in [3.8, 4) is 22.6 Å². The van der Waals surface area contributed by atoms with Gasteiger partial charge >= 0.3 is 0 Å². The quantitative estimate of drug-likeness (QED) is 0.495. The number of benzene rings is 3. The number of fused-ring (bicyclic) bond motifs is 1. The third-order valence-electron chi connectivity index (χ3n) is 4.05. The molecule has 0 radical (unpaired) electrons. The molecule has 3 aromatic carbocycles. The lowest BCUT2D eigenvalue weighted by Gasteiger charge is -2.11. The molecule has 0 saturated heterocycles. The summed E-state index contributed by atoms with van der Waals surface area (Å²) in [6.07, 6.45) is 3.79. The van der Waals surface area contributed by atoms with Crippen LogP contribution in [0.2, 0.25) is 0 Å². The summed E-state index contributed by atoms with van der Waals surface area (Å²) in [4.78, 5) is 0. The maximum atomic E-state index is 14.6. The average Bonchev–Trinajstić information content (AvgIpc) is 2.66. The zero-order chi connectivity index (χ0) is 18.5. The Balaban J connectivity index is 1.97. The first-order valence-electron chi connectivity index (χ1n) is 8.53. The summed E-state index contributed by atoms with van der Waals surface area (Å²) < 4.78 is 40.1. The molecule has 0 spiro atoms. The fraction of sp³-hybridized carbons (Fsp3) is 0.182. The molecular weight excluding hydrogens is 334 g/mol. The van der Waals surface area contributed by atoms with Gasteiger partial charge in [-0.15, -0.1) is 0 Å². The minimum absolute atomic E-state index is 0.212. The summed E-state index contributed by atoms with van der Waals surface area (Å²) in [6, 6.07) is 13.6. The van der Waals surface area contributed by atoms with Crippen molar-refractivity contribution in [3.63, 3.8) is 0 Å². The highest BCUT2D eigenvalue weighted by atomic mass is 19.2. The second-order valence-electron chi connectivity index (χ2n) is 5.77. The molecule has 0 aliphatic carbocycles. The molecule has 0 aliphatic rings. The van der Waals surface area contributed by atoms with Gasteiger partial charge in [0.2, 0.25) is 0 Å². The number of ether oxygens (including phenoxy) is 2. The predicted molar refractivity (Wildman–Crippen MR) is 101 cm³/mol. The van der Waals surface area contributed by atoms with E-state index in [1.165, 1.54) is 6.07 Å². The predicted octanol–water partition coefficient (Wildman–Crippen LogP) is 6.14. The zero-order valence-corrected chi connectivity index (χ0v) is 14.8. The lowest BCUT2D eigenvalue weighted by molar-refractivity contribution is 0.340. The van der Waals surface area contributed by atoms with Gasteiger partial charge in [-0.05, 0) is 55.1 Å². The largest absolute Gasteiger partial charge is 0.494 e. The van der Waals surface area contributed by atoms with Gasteiger partial charge in [-0.2, -0.15) is 0 Å². The monoisotopic (exact) mass is 354 g/mol. The van der Waals surface area contributed by atoms with Crippen LogP contribution < -0.4 is 9.47 Å². The molecule has 0 atom stereocenters. The van der Waals surface area contributed by atoms with Gasteiger partial charge in [-0.3, -0.25) is 0 Å². The molecule has 0 N–H and O–H groups in total. The van der Waals surface area contributed by atoms with Gasteiger partial charge in [0.05, 0.1) is 6.61 Å². The zero-order valence-electron chi connectivity index (χ0n) is 14.8. The minimum atomic E-state index is -0.868. The van der Waals surface area contributed by atoms with E-state index in [1.807, 2.05) is 26.0 Å². The molecule has 4 heteroatoms. The van der Waals surface area contributed by atoms with Crippen molar-refractivity contribution in [1.29, 1.82) is 0 Å². The van der Waals surface area contributed by atoms with E-state index in [0.29, 0.717) is 35.7 Å². The van der Waals surface area contributed by atoms with Crippen LogP contribution in [0, 0.1) is 11.6 Å². The van der Waals surface area contributed by atoms with Crippen LogP contribution in [0.3, 0.4) is 0 Å². The Hall–Kier alpha value is -2.88. The molecule has 0 aromatic heterocycles. The van der Waals surface area contributed by atoms with E-state index in [1.54, 1.807) is 42.5 Å². The second-order valence-corrected chi connectivity index (χ2v) is 5.77. The average molecular weight is 354 g/mol. The molecule has 2 nitrogen and oxygen atoms in total. The molecule has 0 aliphatic heterocycles. The van der Waals surface area contributed by atoms with Gasteiger partial charge in [0.1, 0.15) is 18.1 Å². The number of allylic oxidation sites excluding steroid dienone is 1. The third-order valence-corrected chi connectivity index (χ3v) is 4.05. The van der Waals surface area contributed by atoms with Crippen LogP contribution in [0.4, 0.5) is 8.78 Å². The number of hydrogen-bond acceptors (Lipinski definition) is 2. The Morgan fingerprint density at radius 2 is 1.62 bits per heavy atom. The van der Waals surface area contributed by atoms with Gasteiger partial charge in [0, 0.05) is 10.9 Å². The topological polar surface area (TPSA) is 18.5 Å². The smallest absolute Gasteiger partial charge is 0.167 e. The highest BCUT2D eigenvalue weighted by molar-refractivity contribution is 5.89. The summed E-state index contributed by atoms with van der Waals surface area (Å²) >= 11 is 0. The maximum absolute atomic E-state index is 14.6. The highest BCUT2D eigenvalue weighted by Gasteiger charge is 2.15. The highest BCUT2D eigenvalue weighted by Crippen LogP contribution is 2.33. The molecular formula is C22H20F2O2. The summed E-state index contributed by atoms with van der Waals surface area (Å²) in [6.45, 7) is 4.70. The van der Waals surface area contributed by atoms with E-state index in [9.17, 15) is 8.78 Å². The maximum Gasteiger partial charge on any atom is 0.167 e. The van der Waals surface area contributed by atoms with Crippen LogP contribution in [-0.2, 0) is 0 Å². The van der Waals surface area contributed by atoms with Gasteiger partial charge in [-0.25, -0.2) is 8.78 Å². The Kier molecular flexibility index (Phi) is 5.52. The standard InChI is InChI=1S/C22H20F2O2/c1-3-5-12-26-17-9-6-15(7-10-17)19-13-16-8-11-18(25-4-2)14-20(16)22(24)21(19)23/h3,5-11,13-14H,4,12H2,1-2H3. The van der Waals surface area contributed by atoms with Crippen LogP contribution in [0.1, 0.15) is 13.8 Å². The lowest BCUT2D eigenvalue weighted by atomic mass is 9.99. The van der Waals surface area contributed by atoms with Gasteiger partial charge in [0.25, 0.3) is 0 Å². The van der Waals surface area contributed by atoms with E-state index < -0.39 is 11.6 Å². The van der Waals surface area contributed by atoms with E-state index in [0.717, 1.165) is 0 Å². The molecule has 0 fully saturated rings. The Bertz CT molecular complexity index is 931. The van der Waals surface area contributed by atoms with Crippen LogP contribution in [-0.4, -0.2) is 13.2 Å². The summed E-state index contributed by atoms with van der Waals surface area (Å²) in [5.41, 5.74) is 0.815. The van der Waals surface area contributed by atoms with Gasteiger partial charge in [-0.1, -0.05) is 30.4 Å². The summed E-state index contributed by atoms with van der Waals surface area (Å²) in [7, 11) is 0. The fourth-order valence-electron chi connectivity index (χ4n) is 2.74. The number of hydrogen-bond donors (Lipinski definition) is 0. The van der Waals surface area contributed by atoms with Gasteiger partial charge in [0.15, 0.2) is 11.6 Å². The normalized spacial score (nSPS) is 11.2. The van der Waals surface area contributed by atoms with Crippen LogP contribution in [0.15, 0.2) is 60.7 Å². The van der Waals surface area contributed by atoms with Crippen molar-refractivity contribution in [2.24, 2.45) is 0 Å². The minimum Gasteiger partial charge on any atom is -0.494 e. The summed E-state index contributed by atoms with van der Waals surface area (Å²) in [5, 5.41) is 0.833. The van der Waals surface area contributed by atoms with Crippen LogP contribution in [0.25, 0.3) is 21.9 Å². The van der Waals surface area contributed by atoms with E-state index in [-0.39, 0.29) is 10.9 Å². The van der Waals surface area contributed by atoms with Crippen molar-refractivity contribution in [2.75, 3.05) is 13.2 Å². The molecule has 134 valence electrons. The van der Waals surface area contributed by atoms with E-state index in [2.05, 4.69) is 0 Å². The Labute approximate surface area is 151 Å². The Morgan fingerprint density at radius 1 is 0.885 bits per heavy atom. The van der Waals surface area contributed by atoms with Crippen LogP contribution in [0.5, 0.6) is 11.5 Å². The van der Waals surface area contributed by atoms with E-state index in [4.69, 9.17) is 9.47 Å². The van der Waals surface area contributed by atoms with Gasteiger partial charge < -0.3 is 9.47 Å². The third kappa shape index (κ3) is 3.69. The van der Waals surface area contributed by atoms with Crippen molar-refractivity contribution in [3.05, 3.63) is 72.3 Å². The molecule has 0 unspecified atom stereocenters. The van der Waals surface area contributed by atoms with Crippen molar-refractivity contribution < 1.29 is 18.3 Å².